The predicted octanol–water partition coefficient (Wildman–Crippen LogP) is 4.57. The van der Waals surface area contributed by atoms with Crippen LogP contribution in [0.15, 0.2) is 48.5 Å². The molecule has 4 nitrogen and oxygen atoms in total. The molecule has 2 aromatic carbocycles. The molecule has 27 heavy (non-hydrogen) atoms. The third kappa shape index (κ3) is 7.06. The van der Waals surface area contributed by atoms with Crippen molar-refractivity contribution in [3.05, 3.63) is 65.5 Å². The third-order valence-corrected chi connectivity index (χ3v) is 5.03. The molecule has 0 radical (unpaired) electrons. The first-order chi connectivity index (χ1) is 13.0. The molecule has 0 aliphatic rings. The number of carbonyl (C=O) groups is 2. The van der Waals surface area contributed by atoms with Crippen molar-refractivity contribution in [2.75, 3.05) is 24.7 Å². The fourth-order valence-corrected chi connectivity index (χ4v) is 3.24. The first-order valence-electron chi connectivity index (χ1n) is 8.97. The maximum Gasteiger partial charge on any atom is 0.253 e. The first-order valence-corrected chi connectivity index (χ1v) is 10.1. The topological polar surface area (TPSA) is 49.4 Å². The smallest absolute Gasteiger partial charge is 0.253 e. The summed E-state index contributed by atoms with van der Waals surface area (Å²) in [5, 5.41) is 2.73. The normalized spacial score (nSPS) is 10.5. The number of hydrogen-bond acceptors (Lipinski definition) is 3. The second-order valence-electron chi connectivity index (χ2n) is 6.33. The van der Waals surface area contributed by atoms with Crippen molar-refractivity contribution in [2.24, 2.45) is 0 Å². The van der Waals surface area contributed by atoms with Gasteiger partial charge in [0, 0.05) is 30.6 Å². The summed E-state index contributed by atoms with van der Waals surface area (Å²) in [5.74, 6) is 0.549. The molecule has 0 saturated carbocycles. The van der Waals surface area contributed by atoms with Crippen molar-refractivity contribution >= 4 is 29.3 Å². The molecule has 0 aromatic heterocycles. The van der Waals surface area contributed by atoms with Gasteiger partial charge in [-0.15, -0.1) is 11.8 Å². The van der Waals surface area contributed by atoms with Crippen LogP contribution in [0.1, 0.15) is 35.7 Å². The summed E-state index contributed by atoms with van der Waals surface area (Å²) >= 11 is 1.49. The van der Waals surface area contributed by atoms with Gasteiger partial charge in [0.1, 0.15) is 5.82 Å². The minimum absolute atomic E-state index is 0.0290. The number of thioether (sulfide) groups is 1. The van der Waals surface area contributed by atoms with E-state index in [2.05, 4.69) is 12.2 Å². The lowest BCUT2D eigenvalue weighted by Gasteiger charge is -2.16. The molecular weight excluding hydrogens is 363 g/mol. The first kappa shape index (κ1) is 21.0. The van der Waals surface area contributed by atoms with Crippen LogP contribution in [-0.4, -0.2) is 36.1 Å². The number of unbranched alkanes of at least 4 members (excludes halogenated alkanes) is 1. The van der Waals surface area contributed by atoms with Crippen LogP contribution in [0.4, 0.5) is 10.1 Å². The summed E-state index contributed by atoms with van der Waals surface area (Å²) in [6, 6.07) is 13.2. The van der Waals surface area contributed by atoms with E-state index in [0.29, 0.717) is 22.8 Å². The molecule has 0 fully saturated rings. The van der Waals surface area contributed by atoms with E-state index in [4.69, 9.17) is 0 Å². The highest BCUT2D eigenvalue weighted by atomic mass is 32.2. The standard InChI is InChI=1S/C21H25FN2O2S/c1-3-4-13-24(2)21(26)17-7-5-16(6-8-17)14-27-15-20(25)23-19-11-9-18(22)10-12-19/h5-12H,3-4,13-15H2,1-2H3,(H,23,25). The lowest BCUT2D eigenvalue weighted by molar-refractivity contribution is -0.113. The van der Waals surface area contributed by atoms with Gasteiger partial charge < -0.3 is 10.2 Å². The van der Waals surface area contributed by atoms with Crippen LogP contribution in [0.5, 0.6) is 0 Å². The maximum absolute atomic E-state index is 12.9. The molecule has 0 atom stereocenters. The molecule has 0 aliphatic heterocycles. The number of carbonyl (C=O) groups excluding carboxylic acids is 2. The summed E-state index contributed by atoms with van der Waals surface area (Å²) < 4.78 is 12.9. The fourth-order valence-electron chi connectivity index (χ4n) is 2.45. The number of benzene rings is 2. The van der Waals surface area contributed by atoms with Crippen LogP contribution in [0.25, 0.3) is 0 Å². The average Bonchev–Trinajstić information content (AvgIpc) is 2.68. The lowest BCUT2D eigenvalue weighted by Crippen LogP contribution is -2.27. The van der Waals surface area contributed by atoms with E-state index in [0.717, 1.165) is 24.9 Å². The monoisotopic (exact) mass is 388 g/mol. The van der Waals surface area contributed by atoms with Crippen molar-refractivity contribution in [3.63, 3.8) is 0 Å². The molecule has 6 heteroatoms. The summed E-state index contributed by atoms with van der Waals surface area (Å²) in [5.41, 5.74) is 2.32. The summed E-state index contributed by atoms with van der Waals surface area (Å²) in [6.45, 7) is 2.86. The quantitative estimate of drug-likeness (QED) is 0.685. The number of halogens is 1. The Labute approximate surface area is 164 Å². The number of amides is 2. The Bertz CT molecular complexity index is 748. The van der Waals surface area contributed by atoms with Crippen molar-refractivity contribution < 1.29 is 14.0 Å². The van der Waals surface area contributed by atoms with Crippen LogP contribution in [-0.2, 0) is 10.5 Å². The molecule has 0 unspecified atom stereocenters. The van der Waals surface area contributed by atoms with Gasteiger partial charge in [0.15, 0.2) is 0 Å². The van der Waals surface area contributed by atoms with E-state index < -0.39 is 0 Å². The highest BCUT2D eigenvalue weighted by Gasteiger charge is 2.11. The Morgan fingerprint density at radius 2 is 1.74 bits per heavy atom. The molecule has 0 aliphatic carbocycles. The van der Waals surface area contributed by atoms with Gasteiger partial charge in [-0.25, -0.2) is 4.39 Å². The van der Waals surface area contributed by atoms with Gasteiger partial charge in [0.2, 0.25) is 5.91 Å². The zero-order valence-electron chi connectivity index (χ0n) is 15.7. The molecule has 2 amide bonds. The number of nitrogens with zero attached hydrogens (tertiary/aromatic N) is 1. The van der Waals surface area contributed by atoms with Crippen molar-refractivity contribution in [3.8, 4) is 0 Å². The summed E-state index contributed by atoms with van der Waals surface area (Å²) in [4.78, 5) is 26.0. The Balaban J connectivity index is 1.76. The van der Waals surface area contributed by atoms with Crippen molar-refractivity contribution in [1.29, 1.82) is 0 Å². The minimum Gasteiger partial charge on any atom is -0.342 e. The molecule has 0 spiro atoms. The van der Waals surface area contributed by atoms with Gasteiger partial charge in [0.05, 0.1) is 5.75 Å². The van der Waals surface area contributed by atoms with Crippen molar-refractivity contribution in [2.45, 2.75) is 25.5 Å². The van der Waals surface area contributed by atoms with E-state index in [1.54, 1.807) is 4.90 Å². The van der Waals surface area contributed by atoms with Crippen LogP contribution < -0.4 is 5.32 Å². The van der Waals surface area contributed by atoms with Crippen molar-refractivity contribution in [1.82, 2.24) is 4.90 Å². The largest absolute Gasteiger partial charge is 0.342 e. The van der Waals surface area contributed by atoms with Gasteiger partial charge in [-0.1, -0.05) is 25.5 Å². The maximum atomic E-state index is 12.9. The van der Waals surface area contributed by atoms with Crippen LogP contribution in [0, 0.1) is 5.82 Å². The second kappa shape index (κ2) is 10.7. The fraction of sp³-hybridized carbons (Fsp3) is 0.333. The second-order valence-corrected chi connectivity index (χ2v) is 7.31. The molecule has 2 aromatic rings. The number of anilines is 1. The lowest BCUT2D eigenvalue weighted by atomic mass is 10.1. The zero-order valence-corrected chi connectivity index (χ0v) is 16.5. The molecule has 0 saturated heterocycles. The molecular formula is C21H25FN2O2S. The number of nitrogens with one attached hydrogen (secondary N) is 1. The van der Waals surface area contributed by atoms with Crippen LogP contribution >= 0.6 is 11.8 Å². The highest BCUT2D eigenvalue weighted by Crippen LogP contribution is 2.15. The minimum atomic E-state index is -0.333. The SMILES string of the molecule is CCCCN(C)C(=O)c1ccc(CSCC(=O)Nc2ccc(F)cc2)cc1. The molecule has 144 valence electrons. The van der Waals surface area contributed by atoms with Gasteiger partial charge >= 0.3 is 0 Å². The Hall–Kier alpha value is -2.34. The molecule has 0 bridgehead atoms. The Kier molecular flexibility index (Phi) is 8.33. The van der Waals surface area contributed by atoms with E-state index >= 15 is 0 Å². The number of rotatable bonds is 9. The molecule has 2 rings (SSSR count). The number of hydrogen-bond donors (Lipinski definition) is 1. The molecule has 1 N–H and O–H groups in total. The third-order valence-electron chi connectivity index (χ3n) is 4.02. The highest BCUT2D eigenvalue weighted by molar-refractivity contribution is 7.99. The van der Waals surface area contributed by atoms with Crippen LogP contribution in [0.2, 0.25) is 0 Å². The van der Waals surface area contributed by atoms with E-state index in [1.807, 2.05) is 31.3 Å². The summed E-state index contributed by atoms with van der Waals surface area (Å²) in [7, 11) is 1.82. The van der Waals surface area contributed by atoms with E-state index in [9.17, 15) is 14.0 Å². The Morgan fingerprint density at radius 3 is 2.37 bits per heavy atom. The summed E-state index contributed by atoms with van der Waals surface area (Å²) in [6.07, 6.45) is 2.06. The van der Waals surface area contributed by atoms with Gasteiger partial charge in [0.25, 0.3) is 5.91 Å². The van der Waals surface area contributed by atoms with Crippen LogP contribution in [0.3, 0.4) is 0 Å². The predicted molar refractivity (Wildman–Crippen MR) is 110 cm³/mol. The van der Waals surface area contributed by atoms with Gasteiger partial charge in [-0.05, 0) is 48.4 Å². The van der Waals surface area contributed by atoms with E-state index in [1.165, 1.54) is 36.0 Å². The zero-order chi connectivity index (χ0) is 19.6. The van der Waals surface area contributed by atoms with E-state index in [-0.39, 0.29) is 17.6 Å². The van der Waals surface area contributed by atoms with Gasteiger partial charge in [-0.2, -0.15) is 0 Å². The average molecular weight is 389 g/mol. The molecule has 0 heterocycles. The Morgan fingerprint density at radius 1 is 1.07 bits per heavy atom. The van der Waals surface area contributed by atoms with Gasteiger partial charge in [-0.3, -0.25) is 9.59 Å².